The zero-order valence-corrected chi connectivity index (χ0v) is 11.2. The number of carbonyl (C=O) groups excluding carboxylic acids is 2. The molecule has 0 rings (SSSR count). The molecule has 0 aliphatic heterocycles. The summed E-state index contributed by atoms with van der Waals surface area (Å²) < 4.78 is 5.07. The van der Waals surface area contributed by atoms with E-state index in [2.05, 4.69) is 11.9 Å². The third-order valence-corrected chi connectivity index (χ3v) is 2.10. The van der Waals surface area contributed by atoms with Crippen LogP contribution >= 0.6 is 0 Å². The molecule has 0 aromatic carbocycles. The van der Waals surface area contributed by atoms with Crippen LogP contribution in [0.3, 0.4) is 0 Å². The number of hydrogen-bond acceptors (Lipinski definition) is 3. The van der Waals surface area contributed by atoms with Crippen LogP contribution in [-0.4, -0.2) is 18.8 Å². The van der Waals surface area contributed by atoms with E-state index in [0.29, 0.717) is 5.70 Å². The van der Waals surface area contributed by atoms with Gasteiger partial charge in [0.25, 0.3) is 0 Å². The van der Waals surface area contributed by atoms with E-state index in [4.69, 9.17) is 4.74 Å². The fourth-order valence-electron chi connectivity index (χ4n) is 1.33. The Balaban J connectivity index is 5.35. The van der Waals surface area contributed by atoms with Gasteiger partial charge in [-0.15, -0.1) is 6.58 Å². The average Bonchev–Trinajstić information content (AvgIpc) is 2.15. The average molecular weight is 239 g/mol. The second-order valence-electron chi connectivity index (χ2n) is 4.76. The maximum atomic E-state index is 11.6. The number of rotatable bonds is 5. The molecule has 0 saturated carbocycles. The summed E-state index contributed by atoms with van der Waals surface area (Å²) in [5.41, 5.74) is 0.118. The highest BCUT2D eigenvalue weighted by atomic mass is 16.5. The van der Waals surface area contributed by atoms with Gasteiger partial charge in [0.15, 0.2) is 11.5 Å². The van der Waals surface area contributed by atoms with Gasteiger partial charge >= 0.3 is 0 Å². The fraction of sp³-hybridized carbons (Fsp3) is 0.538. The van der Waals surface area contributed by atoms with Crippen LogP contribution in [0.2, 0.25) is 0 Å². The largest absolute Gasteiger partial charge is 0.491 e. The van der Waals surface area contributed by atoms with Gasteiger partial charge in [0, 0.05) is 18.8 Å². The van der Waals surface area contributed by atoms with Gasteiger partial charge in [-0.3, -0.25) is 9.59 Å². The summed E-state index contributed by atoms with van der Waals surface area (Å²) >= 11 is 0. The number of methoxy groups -OCH3 is 1. The molecule has 4 nitrogen and oxygen atoms in total. The highest BCUT2D eigenvalue weighted by Gasteiger charge is 2.26. The van der Waals surface area contributed by atoms with Crippen molar-refractivity contribution in [3.63, 3.8) is 0 Å². The first-order valence-electron chi connectivity index (χ1n) is 5.44. The molecule has 0 aliphatic rings. The number of hydrogen-bond donors (Lipinski definition) is 1. The maximum absolute atomic E-state index is 11.6. The third kappa shape index (κ3) is 4.85. The summed E-state index contributed by atoms with van der Waals surface area (Å²) in [6, 6.07) is 0. The molecule has 1 amide bonds. The lowest BCUT2D eigenvalue weighted by atomic mass is 9.90. The van der Waals surface area contributed by atoms with Gasteiger partial charge in [-0.2, -0.15) is 0 Å². The van der Waals surface area contributed by atoms with E-state index in [1.807, 2.05) is 20.8 Å². The van der Waals surface area contributed by atoms with Gasteiger partial charge in [0.2, 0.25) is 5.91 Å². The normalized spacial score (nSPS) is 12.5. The van der Waals surface area contributed by atoms with Crippen molar-refractivity contribution in [1.29, 1.82) is 0 Å². The van der Waals surface area contributed by atoms with Gasteiger partial charge in [-0.05, 0) is 0 Å². The van der Waals surface area contributed by atoms with E-state index in [0.717, 1.165) is 0 Å². The Hall–Kier alpha value is -1.58. The second kappa shape index (κ2) is 6.23. The Kier molecular flexibility index (Phi) is 5.65. The highest BCUT2D eigenvalue weighted by Crippen LogP contribution is 2.26. The molecule has 0 unspecified atom stereocenters. The molecule has 1 N–H and O–H groups in total. The lowest BCUT2D eigenvalue weighted by Gasteiger charge is -2.25. The molecule has 96 valence electrons. The molecule has 0 atom stereocenters. The summed E-state index contributed by atoms with van der Waals surface area (Å²) in [7, 11) is 1.42. The number of carbonyl (C=O) groups is 2. The highest BCUT2D eigenvalue weighted by molar-refractivity contribution is 5.93. The predicted molar refractivity (Wildman–Crippen MR) is 67.1 cm³/mol. The van der Waals surface area contributed by atoms with Crippen LogP contribution in [-0.2, 0) is 14.3 Å². The Morgan fingerprint density at radius 3 is 2.18 bits per heavy atom. The van der Waals surface area contributed by atoms with Crippen LogP contribution in [0, 0.1) is 5.41 Å². The van der Waals surface area contributed by atoms with Crippen molar-refractivity contribution in [3.05, 3.63) is 24.1 Å². The molecule has 0 heterocycles. The summed E-state index contributed by atoms with van der Waals surface area (Å²) in [5, 5.41) is 2.71. The van der Waals surface area contributed by atoms with E-state index in [9.17, 15) is 9.59 Å². The number of ketones is 1. The van der Waals surface area contributed by atoms with Crippen molar-refractivity contribution in [1.82, 2.24) is 5.32 Å². The lowest BCUT2D eigenvalue weighted by Crippen LogP contribution is -2.32. The standard InChI is InChI=1S/C13H21NO3/c1-7-8-10(16)14-12(13(3,4)5)11(17-6)9(2)15/h7H,1,8H2,2-6H3,(H,14,16)/b12-11+. The monoisotopic (exact) mass is 239 g/mol. The first kappa shape index (κ1) is 15.4. The first-order chi connectivity index (χ1) is 7.73. The Morgan fingerprint density at radius 2 is 1.88 bits per heavy atom. The maximum Gasteiger partial charge on any atom is 0.228 e. The first-order valence-corrected chi connectivity index (χ1v) is 5.44. The topological polar surface area (TPSA) is 55.4 Å². The summed E-state index contributed by atoms with van der Waals surface area (Å²) in [4.78, 5) is 23.0. The van der Waals surface area contributed by atoms with Crippen LogP contribution in [0.4, 0.5) is 0 Å². The fourth-order valence-corrected chi connectivity index (χ4v) is 1.33. The van der Waals surface area contributed by atoms with Crippen molar-refractivity contribution >= 4 is 11.7 Å². The van der Waals surface area contributed by atoms with Crippen LogP contribution in [0.15, 0.2) is 24.1 Å². The van der Waals surface area contributed by atoms with Gasteiger partial charge in [-0.1, -0.05) is 26.8 Å². The van der Waals surface area contributed by atoms with Gasteiger partial charge in [0.1, 0.15) is 0 Å². The molecule has 0 radical (unpaired) electrons. The van der Waals surface area contributed by atoms with Crippen molar-refractivity contribution in [2.24, 2.45) is 5.41 Å². The molecule has 4 heteroatoms. The number of nitrogens with one attached hydrogen (secondary N) is 1. The number of allylic oxidation sites excluding steroid dienone is 2. The molecular weight excluding hydrogens is 218 g/mol. The zero-order valence-electron chi connectivity index (χ0n) is 11.2. The molecule has 0 aliphatic carbocycles. The minimum atomic E-state index is -0.381. The van der Waals surface area contributed by atoms with E-state index in [1.54, 1.807) is 0 Å². The number of Topliss-reactive ketones (excluding diaryl/α,β-unsaturated/α-hetero) is 1. The summed E-state index contributed by atoms with van der Waals surface area (Å²) in [6.45, 7) is 10.6. The van der Waals surface area contributed by atoms with E-state index in [1.165, 1.54) is 20.1 Å². The van der Waals surface area contributed by atoms with Crippen LogP contribution in [0.1, 0.15) is 34.1 Å². The lowest BCUT2D eigenvalue weighted by molar-refractivity contribution is -0.120. The Morgan fingerprint density at radius 1 is 1.35 bits per heavy atom. The van der Waals surface area contributed by atoms with Gasteiger partial charge in [0.05, 0.1) is 12.8 Å². The van der Waals surface area contributed by atoms with Crippen molar-refractivity contribution in [2.45, 2.75) is 34.1 Å². The molecule has 0 aromatic rings. The zero-order chi connectivity index (χ0) is 13.6. The predicted octanol–water partition coefficient (Wildman–Crippen LogP) is 2.17. The quantitative estimate of drug-likeness (QED) is 0.454. The van der Waals surface area contributed by atoms with Crippen LogP contribution in [0.25, 0.3) is 0 Å². The van der Waals surface area contributed by atoms with E-state index in [-0.39, 0.29) is 29.3 Å². The molecule has 0 bridgehead atoms. The molecule has 0 saturated heterocycles. The Labute approximate surface area is 103 Å². The second-order valence-corrected chi connectivity index (χ2v) is 4.76. The molecular formula is C13H21NO3. The van der Waals surface area contributed by atoms with Crippen molar-refractivity contribution in [3.8, 4) is 0 Å². The molecule has 17 heavy (non-hydrogen) atoms. The smallest absolute Gasteiger partial charge is 0.228 e. The molecule has 0 fully saturated rings. The van der Waals surface area contributed by atoms with Gasteiger partial charge in [-0.25, -0.2) is 0 Å². The van der Waals surface area contributed by atoms with Crippen molar-refractivity contribution in [2.75, 3.05) is 7.11 Å². The SMILES string of the molecule is C=CCC(=O)N/C(=C(/OC)C(C)=O)C(C)(C)C. The van der Waals surface area contributed by atoms with E-state index < -0.39 is 0 Å². The van der Waals surface area contributed by atoms with Gasteiger partial charge < -0.3 is 10.1 Å². The molecule has 0 aromatic heterocycles. The summed E-state index contributed by atoms with van der Waals surface area (Å²) in [6.07, 6.45) is 1.71. The molecule has 0 spiro atoms. The third-order valence-electron chi connectivity index (χ3n) is 2.10. The minimum absolute atomic E-state index is 0.190. The number of amides is 1. The minimum Gasteiger partial charge on any atom is -0.491 e. The number of ether oxygens (including phenoxy) is 1. The van der Waals surface area contributed by atoms with Crippen LogP contribution in [0.5, 0.6) is 0 Å². The van der Waals surface area contributed by atoms with E-state index >= 15 is 0 Å². The summed E-state index contributed by atoms with van der Waals surface area (Å²) in [5.74, 6) is -0.230. The van der Waals surface area contributed by atoms with Crippen molar-refractivity contribution < 1.29 is 14.3 Å². The Bertz CT molecular complexity index is 348. The van der Waals surface area contributed by atoms with Crippen LogP contribution < -0.4 is 5.32 Å².